The molecule has 0 aliphatic rings. The van der Waals surface area contributed by atoms with E-state index in [1.54, 1.807) is 24.3 Å². The number of thiophene rings is 1. The van der Waals surface area contributed by atoms with Gasteiger partial charge >= 0.3 is 0 Å². The second-order valence-corrected chi connectivity index (χ2v) is 7.46. The lowest BCUT2D eigenvalue weighted by Crippen LogP contribution is -2.09. The summed E-state index contributed by atoms with van der Waals surface area (Å²) < 4.78 is 0.635. The Bertz CT molecular complexity index is 662. The molecule has 0 aliphatic heterocycles. The van der Waals surface area contributed by atoms with Crippen molar-refractivity contribution in [3.05, 3.63) is 49.3 Å². The molecule has 1 heterocycles. The van der Waals surface area contributed by atoms with Gasteiger partial charge < -0.3 is 5.32 Å². The molecule has 0 radical (unpaired) electrons. The summed E-state index contributed by atoms with van der Waals surface area (Å²) in [5, 5.41) is 15.2. The lowest BCUT2D eigenvalue weighted by atomic mass is 10.3. The maximum Gasteiger partial charge on any atom is 0.294 e. The quantitative estimate of drug-likeness (QED) is 0.587. The maximum atomic E-state index is 11.2. The van der Waals surface area contributed by atoms with Crippen LogP contribution in [0.2, 0.25) is 10.0 Å². The molecule has 4 nitrogen and oxygen atoms in total. The van der Waals surface area contributed by atoms with Crippen LogP contribution in [0.1, 0.15) is 4.88 Å². The van der Waals surface area contributed by atoms with Gasteiger partial charge in [0.1, 0.15) is 4.21 Å². The highest BCUT2D eigenvalue weighted by Gasteiger charge is 2.20. The summed E-state index contributed by atoms with van der Waals surface area (Å²) in [5.41, 5.74) is 0.127. The summed E-state index contributed by atoms with van der Waals surface area (Å²) in [5.74, 6) is 0. The van der Waals surface area contributed by atoms with Crippen molar-refractivity contribution in [2.24, 2.45) is 0 Å². The highest BCUT2D eigenvalue weighted by molar-refractivity contribution is 8.01. The third kappa shape index (κ3) is 4.34. The van der Waals surface area contributed by atoms with Crippen LogP contribution >= 0.6 is 46.3 Å². The van der Waals surface area contributed by atoms with Crippen molar-refractivity contribution in [1.29, 1.82) is 0 Å². The largest absolute Gasteiger partial charge is 0.319 e. The number of nitrogens with one attached hydrogen (secondary N) is 1. The molecular weight excluding hydrogens is 351 g/mol. The van der Waals surface area contributed by atoms with E-state index < -0.39 is 0 Å². The number of rotatable bonds is 6. The summed E-state index contributed by atoms with van der Waals surface area (Å²) in [4.78, 5) is 12.5. The highest BCUT2D eigenvalue weighted by Crippen LogP contribution is 2.43. The van der Waals surface area contributed by atoms with E-state index in [1.807, 2.05) is 7.05 Å². The first-order valence-electron chi connectivity index (χ1n) is 6.06. The van der Waals surface area contributed by atoms with Crippen LogP contribution in [0.25, 0.3) is 0 Å². The Labute approximate surface area is 140 Å². The number of hydrogen-bond donors (Lipinski definition) is 1. The molecule has 0 aliphatic carbocycles. The summed E-state index contributed by atoms with van der Waals surface area (Å²) >= 11 is 14.7. The van der Waals surface area contributed by atoms with Crippen LogP contribution in [0.3, 0.4) is 0 Å². The first-order valence-corrected chi connectivity index (χ1v) is 8.44. The summed E-state index contributed by atoms with van der Waals surface area (Å²) in [7, 11) is 1.85. The molecule has 0 unspecified atom stereocenters. The Balaban J connectivity index is 2.29. The Morgan fingerprint density at radius 1 is 1.38 bits per heavy atom. The minimum atomic E-state index is -0.356. The maximum absolute atomic E-state index is 11.2. The van der Waals surface area contributed by atoms with Crippen LogP contribution in [0.4, 0.5) is 5.69 Å². The number of halogens is 2. The van der Waals surface area contributed by atoms with Crippen LogP contribution in [0.15, 0.2) is 33.4 Å². The number of benzene rings is 1. The molecule has 0 amide bonds. The standard InChI is InChI=1S/C13H12Cl2N2O2S2/c1-16-5-4-9-7-11(17(18)19)13(20-9)21-12-3-2-8(14)6-10(12)15/h2-3,6-7,16H,4-5H2,1H3. The predicted molar refractivity (Wildman–Crippen MR) is 89.2 cm³/mol. The fourth-order valence-corrected chi connectivity index (χ4v) is 4.50. The molecule has 0 spiro atoms. The molecule has 0 bridgehead atoms. The number of nitrogens with zero attached hydrogens (tertiary/aromatic N) is 1. The van der Waals surface area contributed by atoms with Crippen molar-refractivity contribution in [3.63, 3.8) is 0 Å². The molecule has 0 fully saturated rings. The van der Waals surface area contributed by atoms with Crippen molar-refractivity contribution < 1.29 is 4.92 Å². The van der Waals surface area contributed by atoms with Crippen molar-refractivity contribution in [3.8, 4) is 0 Å². The molecule has 21 heavy (non-hydrogen) atoms. The van der Waals surface area contributed by atoms with Gasteiger partial charge in [0.2, 0.25) is 0 Å². The van der Waals surface area contributed by atoms with Crippen LogP contribution < -0.4 is 5.32 Å². The van der Waals surface area contributed by atoms with E-state index in [0.29, 0.717) is 14.3 Å². The molecule has 0 saturated carbocycles. The minimum Gasteiger partial charge on any atom is -0.319 e. The number of likely N-dealkylation sites (N-methyl/N-ethyl adjacent to an activating group) is 1. The smallest absolute Gasteiger partial charge is 0.294 e. The Kier molecular flexibility index (Phi) is 5.89. The van der Waals surface area contributed by atoms with Gasteiger partial charge in [-0.2, -0.15) is 0 Å². The monoisotopic (exact) mass is 362 g/mol. The predicted octanol–water partition coefficient (Wildman–Crippen LogP) is 4.88. The second-order valence-electron chi connectivity index (χ2n) is 4.17. The molecule has 2 rings (SSSR count). The van der Waals surface area contributed by atoms with Gasteiger partial charge in [-0.05, 0) is 38.2 Å². The third-order valence-corrected chi connectivity index (χ3v) is 5.75. The van der Waals surface area contributed by atoms with Gasteiger partial charge in [-0.15, -0.1) is 11.3 Å². The molecule has 1 aromatic carbocycles. The van der Waals surface area contributed by atoms with E-state index in [-0.39, 0.29) is 10.6 Å². The number of hydrogen-bond acceptors (Lipinski definition) is 5. The first kappa shape index (κ1) is 16.6. The van der Waals surface area contributed by atoms with Gasteiger partial charge in [0.15, 0.2) is 0 Å². The van der Waals surface area contributed by atoms with Crippen LogP contribution in [0.5, 0.6) is 0 Å². The molecule has 1 N–H and O–H groups in total. The zero-order valence-corrected chi connectivity index (χ0v) is 14.2. The topological polar surface area (TPSA) is 55.2 Å². The second kappa shape index (κ2) is 7.47. The van der Waals surface area contributed by atoms with Gasteiger partial charge in [-0.3, -0.25) is 10.1 Å². The molecule has 2 aromatic rings. The normalized spacial score (nSPS) is 10.8. The fourth-order valence-electron chi connectivity index (χ4n) is 1.64. The van der Waals surface area contributed by atoms with Crippen LogP contribution in [-0.2, 0) is 6.42 Å². The number of nitro groups is 1. The Morgan fingerprint density at radius 2 is 2.14 bits per heavy atom. The summed E-state index contributed by atoms with van der Waals surface area (Å²) in [6.45, 7) is 0.781. The molecule has 0 atom stereocenters. The van der Waals surface area contributed by atoms with E-state index in [1.165, 1.54) is 23.1 Å². The Morgan fingerprint density at radius 3 is 2.76 bits per heavy atom. The van der Waals surface area contributed by atoms with Crippen LogP contribution in [-0.4, -0.2) is 18.5 Å². The van der Waals surface area contributed by atoms with Gasteiger partial charge in [0, 0.05) is 20.9 Å². The molecular formula is C13H12Cl2N2O2S2. The van der Waals surface area contributed by atoms with E-state index in [4.69, 9.17) is 23.2 Å². The molecule has 0 saturated heterocycles. The van der Waals surface area contributed by atoms with E-state index in [2.05, 4.69) is 5.32 Å². The van der Waals surface area contributed by atoms with Gasteiger partial charge in [-0.25, -0.2) is 0 Å². The van der Waals surface area contributed by atoms with E-state index in [0.717, 1.165) is 22.7 Å². The van der Waals surface area contributed by atoms with Crippen molar-refractivity contribution in [2.45, 2.75) is 15.5 Å². The minimum absolute atomic E-state index is 0.127. The summed E-state index contributed by atoms with van der Waals surface area (Å²) in [6.07, 6.45) is 0.761. The summed E-state index contributed by atoms with van der Waals surface area (Å²) in [6, 6.07) is 6.75. The van der Waals surface area contributed by atoms with Gasteiger partial charge in [0.05, 0.1) is 9.95 Å². The molecule has 8 heteroatoms. The molecule has 112 valence electrons. The zero-order valence-electron chi connectivity index (χ0n) is 11.1. The third-order valence-electron chi connectivity index (χ3n) is 2.65. The van der Waals surface area contributed by atoms with Crippen molar-refractivity contribution in [1.82, 2.24) is 5.32 Å². The van der Waals surface area contributed by atoms with Crippen molar-refractivity contribution in [2.75, 3.05) is 13.6 Å². The van der Waals surface area contributed by atoms with Gasteiger partial charge in [0.25, 0.3) is 5.69 Å². The van der Waals surface area contributed by atoms with Crippen LogP contribution in [0, 0.1) is 10.1 Å². The SMILES string of the molecule is CNCCc1cc([N+](=O)[O-])c(Sc2ccc(Cl)cc2Cl)s1. The average molecular weight is 363 g/mol. The van der Waals surface area contributed by atoms with Crippen molar-refractivity contribution >= 4 is 52.0 Å². The lowest BCUT2D eigenvalue weighted by molar-refractivity contribution is -0.387. The highest BCUT2D eigenvalue weighted by atomic mass is 35.5. The van der Waals surface area contributed by atoms with E-state index >= 15 is 0 Å². The average Bonchev–Trinajstić information content (AvgIpc) is 2.83. The van der Waals surface area contributed by atoms with E-state index in [9.17, 15) is 10.1 Å². The fraction of sp³-hybridized carbons (Fsp3) is 0.231. The first-order chi connectivity index (χ1) is 10.0. The molecule has 1 aromatic heterocycles. The van der Waals surface area contributed by atoms with Gasteiger partial charge in [-0.1, -0.05) is 35.0 Å². The Hall–Kier alpha value is -0.790. The lowest BCUT2D eigenvalue weighted by Gasteiger charge is -2.02. The zero-order chi connectivity index (χ0) is 15.4.